The molecular weight excluding hydrogens is 404 g/mol. The number of imide groups is 1. The van der Waals surface area contributed by atoms with Crippen LogP contribution in [0.25, 0.3) is 0 Å². The first-order valence-corrected chi connectivity index (χ1v) is 9.97. The largest absolute Gasteiger partial charge is 0.322 e. The van der Waals surface area contributed by atoms with E-state index in [1.807, 2.05) is 0 Å². The number of hydrogen-bond acceptors (Lipinski definition) is 6. The number of thiazole rings is 1. The Morgan fingerprint density at radius 2 is 1.60 bits per heavy atom. The number of benzene rings is 2. The van der Waals surface area contributed by atoms with Gasteiger partial charge in [-0.25, -0.2) is 4.98 Å². The summed E-state index contributed by atoms with van der Waals surface area (Å²) in [5.74, 6) is -1.20. The van der Waals surface area contributed by atoms with Crippen LogP contribution < -0.4 is 15.5 Å². The molecule has 3 aromatic rings. The van der Waals surface area contributed by atoms with Crippen LogP contribution in [0.1, 0.15) is 33.6 Å². The number of anilines is 3. The van der Waals surface area contributed by atoms with Gasteiger partial charge in [-0.15, -0.1) is 11.3 Å². The third kappa shape index (κ3) is 4.11. The average Bonchev–Trinajstić information content (AvgIpc) is 3.37. The third-order valence-corrected chi connectivity index (χ3v) is 5.16. The number of carbonyl (C=O) groups is 4. The Morgan fingerprint density at radius 3 is 2.27 bits per heavy atom. The molecule has 0 aliphatic carbocycles. The number of nitrogens with zero attached hydrogens (tertiary/aromatic N) is 2. The van der Waals surface area contributed by atoms with Crippen molar-refractivity contribution in [2.24, 2.45) is 0 Å². The molecule has 4 amide bonds. The predicted molar refractivity (Wildman–Crippen MR) is 113 cm³/mol. The molecule has 2 heterocycles. The van der Waals surface area contributed by atoms with Gasteiger partial charge in [0.1, 0.15) is 0 Å². The molecular formula is C21H16N4O4S. The maximum atomic E-state index is 12.5. The van der Waals surface area contributed by atoms with Crippen LogP contribution in [0.4, 0.5) is 16.5 Å². The van der Waals surface area contributed by atoms with Gasteiger partial charge >= 0.3 is 0 Å². The van der Waals surface area contributed by atoms with E-state index >= 15 is 0 Å². The molecule has 1 fully saturated rings. The van der Waals surface area contributed by atoms with Gasteiger partial charge in [0, 0.05) is 41.2 Å². The number of rotatable bonds is 5. The zero-order valence-corrected chi connectivity index (χ0v) is 16.4. The van der Waals surface area contributed by atoms with E-state index in [2.05, 4.69) is 15.6 Å². The Hall–Kier alpha value is -3.85. The molecule has 4 rings (SSSR count). The van der Waals surface area contributed by atoms with Crippen LogP contribution in [-0.2, 0) is 9.59 Å². The molecule has 0 bridgehead atoms. The van der Waals surface area contributed by atoms with Crippen molar-refractivity contribution in [1.82, 2.24) is 4.98 Å². The summed E-state index contributed by atoms with van der Waals surface area (Å²) in [5, 5.41) is 7.67. The zero-order valence-electron chi connectivity index (χ0n) is 15.6. The van der Waals surface area contributed by atoms with Crippen LogP contribution in [0.5, 0.6) is 0 Å². The van der Waals surface area contributed by atoms with Crippen molar-refractivity contribution in [3.63, 3.8) is 0 Å². The van der Waals surface area contributed by atoms with E-state index in [1.54, 1.807) is 60.1 Å². The van der Waals surface area contributed by atoms with Gasteiger partial charge in [-0.3, -0.25) is 29.4 Å². The highest BCUT2D eigenvalue weighted by molar-refractivity contribution is 7.13. The van der Waals surface area contributed by atoms with Crippen LogP contribution >= 0.6 is 11.3 Å². The number of carbonyl (C=O) groups excluding carboxylic acids is 4. The van der Waals surface area contributed by atoms with Crippen molar-refractivity contribution in [3.8, 4) is 0 Å². The van der Waals surface area contributed by atoms with Crippen molar-refractivity contribution < 1.29 is 19.2 Å². The van der Waals surface area contributed by atoms with Crippen molar-refractivity contribution in [2.45, 2.75) is 12.8 Å². The number of hydrogen-bond donors (Lipinski definition) is 2. The summed E-state index contributed by atoms with van der Waals surface area (Å²) in [6, 6.07) is 12.8. The van der Waals surface area contributed by atoms with Crippen LogP contribution in [0.2, 0.25) is 0 Å². The van der Waals surface area contributed by atoms with Crippen molar-refractivity contribution in [2.75, 3.05) is 15.5 Å². The Balaban J connectivity index is 1.44. The fourth-order valence-electron chi connectivity index (χ4n) is 3.02. The molecule has 0 atom stereocenters. The number of nitrogens with one attached hydrogen (secondary N) is 2. The summed E-state index contributed by atoms with van der Waals surface area (Å²) in [4.78, 5) is 53.6. The molecule has 2 N–H and O–H groups in total. The van der Waals surface area contributed by atoms with Gasteiger partial charge in [-0.2, -0.15) is 0 Å². The Bertz CT molecular complexity index is 1110. The SMILES string of the molecule is O=C(Nc1cccc(C(=O)Nc2nccs2)c1)c1ccc(N2C(=O)CCC2=O)cc1. The van der Waals surface area contributed by atoms with Crippen LogP contribution in [0.3, 0.4) is 0 Å². The van der Waals surface area contributed by atoms with E-state index < -0.39 is 0 Å². The lowest BCUT2D eigenvalue weighted by molar-refractivity contribution is -0.121. The minimum atomic E-state index is -0.377. The quantitative estimate of drug-likeness (QED) is 0.616. The summed E-state index contributed by atoms with van der Waals surface area (Å²) < 4.78 is 0. The van der Waals surface area contributed by atoms with E-state index in [-0.39, 0.29) is 36.5 Å². The first kappa shape index (κ1) is 19.5. The minimum Gasteiger partial charge on any atom is -0.322 e. The molecule has 1 saturated heterocycles. The number of amides is 4. The van der Waals surface area contributed by atoms with Crippen molar-refractivity contribution >= 4 is 51.5 Å². The fourth-order valence-corrected chi connectivity index (χ4v) is 3.55. The molecule has 150 valence electrons. The van der Waals surface area contributed by atoms with Crippen LogP contribution in [-0.4, -0.2) is 28.6 Å². The van der Waals surface area contributed by atoms with E-state index in [9.17, 15) is 19.2 Å². The molecule has 30 heavy (non-hydrogen) atoms. The Labute approximate surface area is 175 Å². The second-order valence-electron chi connectivity index (χ2n) is 6.50. The summed E-state index contributed by atoms with van der Waals surface area (Å²) in [5.41, 5.74) is 1.64. The number of aromatic nitrogens is 1. The van der Waals surface area contributed by atoms with Gasteiger partial charge in [0.25, 0.3) is 11.8 Å². The molecule has 1 aromatic heterocycles. The van der Waals surface area contributed by atoms with Gasteiger partial charge in [-0.1, -0.05) is 6.07 Å². The molecule has 8 nitrogen and oxygen atoms in total. The second-order valence-corrected chi connectivity index (χ2v) is 7.39. The van der Waals surface area contributed by atoms with Gasteiger partial charge in [0.2, 0.25) is 11.8 Å². The molecule has 0 saturated carbocycles. The predicted octanol–water partition coefficient (Wildman–Crippen LogP) is 3.30. The normalized spacial score (nSPS) is 13.4. The summed E-state index contributed by atoms with van der Waals surface area (Å²) in [7, 11) is 0. The van der Waals surface area contributed by atoms with Crippen molar-refractivity contribution in [3.05, 3.63) is 71.2 Å². The fraction of sp³-hybridized carbons (Fsp3) is 0.0952. The maximum Gasteiger partial charge on any atom is 0.257 e. The minimum absolute atomic E-state index is 0.202. The van der Waals surface area contributed by atoms with Crippen LogP contribution in [0, 0.1) is 0 Å². The summed E-state index contributed by atoms with van der Waals surface area (Å²) >= 11 is 1.31. The monoisotopic (exact) mass is 420 g/mol. The molecule has 1 aliphatic heterocycles. The van der Waals surface area contributed by atoms with Gasteiger partial charge in [-0.05, 0) is 42.5 Å². The van der Waals surface area contributed by atoms with Crippen molar-refractivity contribution in [1.29, 1.82) is 0 Å². The molecule has 0 spiro atoms. The van der Waals surface area contributed by atoms with E-state index in [0.29, 0.717) is 27.6 Å². The molecule has 9 heteroatoms. The van der Waals surface area contributed by atoms with E-state index in [4.69, 9.17) is 0 Å². The van der Waals surface area contributed by atoms with E-state index in [0.717, 1.165) is 4.90 Å². The summed E-state index contributed by atoms with van der Waals surface area (Å²) in [6.07, 6.45) is 2.00. The molecule has 0 radical (unpaired) electrons. The third-order valence-electron chi connectivity index (χ3n) is 4.47. The van der Waals surface area contributed by atoms with Gasteiger partial charge in [0.05, 0.1) is 5.69 Å². The van der Waals surface area contributed by atoms with Gasteiger partial charge < -0.3 is 5.32 Å². The summed E-state index contributed by atoms with van der Waals surface area (Å²) in [6.45, 7) is 0. The molecule has 2 aromatic carbocycles. The highest BCUT2D eigenvalue weighted by Gasteiger charge is 2.30. The molecule has 1 aliphatic rings. The molecule has 0 unspecified atom stereocenters. The highest BCUT2D eigenvalue weighted by atomic mass is 32.1. The average molecular weight is 420 g/mol. The van der Waals surface area contributed by atoms with Crippen LogP contribution in [0.15, 0.2) is 60.1 Å². The first-order chi connectivity index (χ1) is 14.5. The Morgan fingerprint density at radius 1 is 0.900 bits per heavy atom. The standard InChI is InChI=1S/C21H16N4O4S/c26-17-8-9-18(27)25(17)16-6-4-13(5-7-16)19(28)23-15-3-1-2-14(12-15)20(29)24-21-22-10-11-30-21/h1-7,10-12H,8-9H2,(H,23,28)(H,22,24,29). The maximum absolute atomic E-state index is 12.5. The van der Waals surface area contributed by atoms with E-state index in [1.165, 1.54) is 11.3 Å². The highest BCUT2D eigenvalue weighted by Crippen LogP contribution is 2.23. The van der Waals surface area contributed by atoms with Gasteiger partial charge in [0.15, 0.2) is 5.13 Å². The second kappa shape index (κ2) is 8.26. The zero-order chi connectivity index (χ0) is 21.1. The Kier molecular flexibility index (Phi) is 5.36. The lowest BCUT2D eigenvalue weighted by atomic mass is 10.1. The topological polar surface area (TPSA) is 108 Å². The lowest BCUT2D eigenvalue weighted by Crippen LogP contribution is -2.28. The smallest absolute Gasteiger partial charge is 0.257 e. The first-order valence-electron chi connectivity index (χ1n) is 9.09. The lowest BCUT2D eigenvalue weighted by Gasteiger charge is -2.14.